The first-order valence-corrected chi connectivity index (χ1v) is 8.84. The molecule has 1 aromatic heterocycles. The molecule has 1 atom stereocenters. The number of carbonyl (C=O) groups is 1. The number of thiazole rings is 1. The molecule has 2 aromatic rings. The zero-order valence-electron chi connectivity index (χ0n) is 13.6. The molecule has 2 N–H and O–H groups in total. The van der Waals surface area contributed by atoms with E-state index in [9.17, 15) is 4.79 Å². The standard InChI is InChI=1S/C18H21N3O2S/c1-13-20-16(12-24-13)11-23-17-5-2-14(3-6-17)4-7-18(22)21-9-8-15(19)10-21/h2-7,12,15H,8-11,19H2,1H3/b7-4+/t15-/m0/s1. The van der Waals surface area contributed by atoms with Crippen molar-refractivity contribution in [2.24, 2.45) is 5.73 Å². The van der Waals surface area contributed by atoms with Crippen molar-refractivity contribution in [3.8, 4) is 5.75 Å². The molecule has 1 saturated heterocycles. The number of hydrogen-bond acceptors (Lipinski definition) is 5. The van der Waals surface area contributed by atoms with Gasteiger partial charge >= 0.3 is 0 Å². The van der Waals surface area contributed by atoms with Crippen LogP contribution >= 0.6 is 11.3 Å². The molecule has 3 rings (SSSR count). The molecule has 24 heavy (non-hydrogen) atoms. The molecule has 5 nitrogen and oxygen atoms in total. The van der Waals surface area contributed by atoms with Crippen molar-refractivity contribution >= 4 is 23.3 Å². The highest BCUT2D eigenvalue weighted by atomic mass is 32.1. The summed E-state index contributed by atoms with van der Waals surface area (Å²) in [5.74, 6) is 0.803. The van der Waals surface area contributed by atoms with Crippen LogP contribution in [0.1, 0.15) is 22.7 Å². The average molecular weight is 343 g/mol. The molecule has 2 heterocycles. The number of ether oxygens (including phenoxy) is 1. The SMILES string of the molecule is Cc1nc(COc2ccc(/C=C/C(=O)N3CC[C@H](N)C3)cc2)cs1. The maximum atomic E-state index is 12.0. The van der Waals surface area contributed by atoms with Crippen LogP contribution in [0.25, 0.3) is 6.08 Å². The van der Waals surface area contributed by atoms with Gasteiger partial charge in [-0.3, -0.25) is 4.79 Å². The molecular formula is C18H21N3O2S. The molecule has 0 spiro atoms. The second-order valence-electron chi connectivity index (χ2n) is 5.88. The lowest BCUT2D eigenvalue weighted by Gasteiger charge is -2.12. The van der Waals surface area contributed by atoms with Crippen LogP contribution in [0.2, 0.25) is 0 Å². The molecule has 1 amide bonds. The Morgan fingerprint density at radius 3 is 2.88 bits per heavy atom. The summed E-state index contributed by atoms with van der Waals surface area (Å²) in [6.45, 7) is 3.83. The molecule has 1 fully saturated rings. The number of aryl methyl sites for hydroxylation is 1. The van der Waals surface area contributed by atoms with Crippen molar-refractivity contribution in [3.63, 3.8) is 0 Å². The van der Waals surface area contributed by atoms with E-state index >= 15 is 0 Å². The van der Waals surface area contributed by atoms with Gasteiger partial charge in [-0.05, 0) is 37.1 Å². The second-order valence-corrected chi connectivity index (χ2v) is 6.94. The van der Waals surface area contributed by atoms with Gasteiger partial charge in [-0.15, -0.1) is 11.3 Å². The lowest BCUT2D eigenvalue weighted by atomic mass is 10.2. The van der Waals surface area contributed by atoms with Crippen molar-refractivity contribution in [1.82, 2.24) is 9.88 Å². The van der Waals surface area contributed by atoms with E-state index < -0.39 is 0 Å². The maximum Gasteiger partial charge on any atom is 0.246 e. The summed E-state index contributed by atoms with van der Waals surface area (Å²) in [5.41, 5.74) is 7.73. The Bertz CT molecular complexity index is 724. The van der Waals surface area contributed by atoms with Crippen LogP contribution in [0.3, 0.4) is 0 Å². The third kappa shape index (κ3) is 4.43. The van der Waals surface area contributed by atoms with Crippen LogP contribution < -0.4 is 10.5 Å². The van der Waals surface area contributed by atoms with Crippen LogP contribution in [-0.2, 0) is 11.4 Å². The Kier molecular flexibility index (Phi) is 5.27. The number of nitrogens with zero attached hydrogens (tertiary/aromatic N) is 2. The minimum Gasteiger partial charge on any atom is -0.487 e. The monoisotopic (exact) mass is 343 g/mol. The van der Waals surface area contributed by atoms with Gasteiger partial charge in [-0.2, -0.15) is 0 Å². The first-order chi connectivity index (χ1) is 11.6. The summed E-state index contributed by atoms with van der Waals surface area (Å²) in [6, 6.07) is 7.77. The predicted molar refractivity (Wildman–Crippen MR) is 95.8 cm³/mol. The summed E-state index contributed by atoms with van der Waals surface area (Å²) in [4.78, 5) is 18.2. The molecule has 0 radical (unpaired) electrons. The summed E-state index contributed by atoms with van der Waals surface area (Å²) in [5, 5.41) is 3.04. The quantitative estimate of drug-likeness (QED) is 0.847. The zero-order valence-corrected chi connectivity index (χ0v) is 14.5. The van der Waals surface area contributed by atoms with E-state index in [1.54, 1.807) is 22.3 Å². The van der Waals surface area contributed by atoms with Gasteiger partial charge in [0.1, 0.15) is 12.4 Å². The van der Waals surface area contributed by atoms with E-state index in [0.717, 1.165) is 35.0 Å². The summed E-state index contributed by atoms with van der Waals surface area (Å²) in [7, 11) is 0. The topological polar surface area (TPSA) is 68.5 Å². The van der Waals surface area contributed by atoms with Gasteiger partial charge in [-0.25, -0.2) is 4.98 Å². The third-order valence-corrected chi connectivity index (χ3v) is 4.71. The first-order valence-electron chi connectivity index (χ1n) is 7.96. The van der Waals surface area contributed by atoms with Crippen molar-refractivity contribution in [2.45, 2.75) is 26.0 Å². The minimum absolute atomic E-state index is 0.0159. The highest BCUT2D eigenvalue weighted by molar-refractivity contribution is 7.09. The van der Waals surface area contributed by atoms with Crippen molar-refractivity contribution in [2.75, 3.05) is 13.1 Å². The van der Waals surface area contributed by atoms with Crippen LogP contribution in [0.5, 0.6) is 5.75 Å². The van der Waals surface area contributed by atoms with E-state index in [2.05, 4.69) is 4.98 Å². The van der Waals surface area contributed by atoms with Gasteiger partial charge in [0.05, 0.1) is 10.7 Å². The van der Waals surface area contributed by atoms with Gasteiger partial charge < -0.3 is 15.4 Å². The molecule has 1 aliphatic rings. The number of rotatable bonds is 5. The Labute approximate surface area is 145 Å². The summed E-state index contributed by atoms with van der Waals surface area (Å²) in [6.07, 6.45) is 4.30. The molecule has 0 bridgehead atoms. The summed E-state index contributed by atoms with van der Waals surface area (Å²) < 4.78 is 5.71. The van der Waals surface area contributed by atoms with Crippen LogP contribution in [0, 0.1) is 6.92 Å². The fourth-order valence-electron chi connectivity index (χ4n) is 2.57. The first kappa shape index (κ1) is 16.7. The van der Waals surface area contributed by atoms with Gasteiger partial charge in [0, 0.05) is 30.6 Å². The number of aromatic nitrogens is 1. The highest BCUT2D eigenvalue weighted by Gasteiger charge is 2.21. The van der Waals surface area contributed by atoms with Gasteiger partial charge in [0.25, 0.3) is 0 Å². The Balaban J connectivity index is 1.52. The molecule has 1 aliphatic heterocycles. The Morgan fingerprint density at radius 2 is 2.25 bits per heavy atom. The van der Waals surface area contributed by atoms with Crippen molar-refractivity contribution < 1.29 is 9.53 Å². The molecule has 0 unspecified atom stereocenters. The summed E-state index contributed by atoms with van der Waals surface area (Å²) >= 11 is 1.62. The number of carbonyl (C=O) groups excluding carboxylic acids is 1. The molecule has 0 saturated carbocycles. The van der Waals surface area contributed by atoms with Crippen LogP contribution in [0.15, 0.2) is 35.7 Å². The number of amides is 1. The Hall–Kier alpha value is -2.18. The van der Waals surface area contributed by atoms with Gasteiger partial charge in [0.2, 0.25) is 5.91 Å². The minimum atomic E-state index is 0.0159. The van der Waals surface area contributed by atoms with Crippen molar-refractivity contribution in [3.05, 3.63) is 52.0 Å². The number of likely N-dealkylation sites (tertiary alicyclic amines) is 1. The molecular weight excluding hydrogens is 322 g/mol. The average Bonchev–Trinajstić information content (AvgIpc) is 3.20. The van der Waals surface area contributed by atoms with E-state index in [0.29, 0.717) is 13.2 Å². The molecule has 0 aliphatic carbocycles. The molecule has 126 valence electrons. The largest absolute Gasteiger partial charge is 0.487 e. The Morgan fingerprint density at radius 1 is 1.46 bits per heavy atom. The smallest absolute Gasteiger partial charge is 0.246 e. The normalized spacial score (nSPS) is 17.6. The van der Waals surface area contributed by atoms with E-state index in [4.69, 9.17) is 10.5 Å². The maximum absolute atomic E-state index is 12.0. The van der Waals surface area contributed by atoms with Crippen LogP contribution in [0.4, 0.5) is 0 Å². The molecule has 6 heteroatoms. The lowest BCUT2D eigenvalue weighted by molar-refractivity contribution is -0.124. The lowest BCUT2D eigenvalue weighted by Crippen LogP contribution is -2.30. The van der Waals surface area contributed by atoms with E-state index in [-0.39, 0.29) is 11.9 Å². The van der Waals surface area contributed by atoms with Crippen LogP contribution in [-0.4, -0.2) is 34.9 Å². The highest BCUT2D eigenvalue weighted by Crippen LogP contribution is 2.16. The molecule has 1 aromatic carbocycles. The zero-order chi connectivity index (χ0) is 16.9. The number of nitrogens with two attached hydrogens (primary N) is 1. The van der Waals surface area contributed by atoms with Gasteiger partial charge in [-0.1, -0.05) is 12.1 Å². The third-order valence-electron chi connectivity index (χ3n) is 3.89. The van der Waals surface area contributed by atoms with E-state index in [1.807, 2.05) is 42.6 Å². The fraction of sp³-hybridized carbons (Fsp3) is 0.333. The second kappa shape index (κ2) is 7.59. The van der Waals surface area contributed by atoms with Crippen molar-refractivity contribution in [1.29, 1.82) is 0 Å². The predicted octanol–water partition coefficient (Wildman–Crippen LogP) is 2.60. The van der Waals surface area contributed by atoms with Gasteiger partial charge in [0.15, 0.2) is 0 Å². The fourth-order valence-corrected chi connectivity index (χ4v) is 3.16. The van der Waals surface area contributed by atoms with E-state index in [1.165, 1.54) is 0 Å². The number of benzene rings is 1. The number of hydrogen-bond donors (Lipinski definition) is 1.